The normalized spacial score (nSPS) is 18.3. The highest BCUT2D eigenvalue weighted by atomic mass is 16.3. The summed E-state index contributed by atoms with van der Waals surface area (Å²) in [6, 6.07) is 0. The van der Waals surface area contributed by atoms with Crippen LogP contribution in [0.25, 0.3) is 0 Å². The second-order valence-electron chi connectivity index (χ2n) is 4.38. The first-order valence-corrected chi connectivity index (χ1v) is 6.46. The van der Waals surface area contributed by atoms with Gasteiger partial charge in [-0.3, -0.25) is 10.3 Å². The number of nitrogens with zero attached hydrogens (tertiary/aromatic N) is 3. The molecule has 106 valence electrons. The van der Waals surface area contributed by atoms with Crippen LogP contribution < -0.4 is 5.32 Å². The Balaban J connectivity index is 0.000000327. The molecule has 0 aromatic heterocycles. The molecule has 2 atom stereocenters. The van der Waals surface area contributed by atoms with Crippen molar-refractivity contribution in [1.29, 1.82) is 0 Å². The number of aliphatic hydroxyl groups is 1. The quantitative estimate of drug-likeness (QED) is 0.707. The SMILES string of the molecule is CCC(N=O)NCC(C)O.O=NN1CCCCC1. The van der Waals surface area contributed by atoms with Crippen molar-refractivity contribution in [2.45, 2.75) is 51.8 Å². The minimum absolute atomic E-state index is 0.352. The van der Waals surface area contributed by atoms with Crippen molar-refractivity contribution in [2.75, 3.05) is 19.6 Å². The van der Waals surface area contributed by atoms with Gasteiger partial charge in [-0.1, -0.05) is 12.1 Å². The molecule has 2 unspecified atom stereocenters. The standard InChI is InChI=1S/C6H14N2O2.C5H10N2O/c1-3-6(8-10)7-4-5(2)9;8-6-7-4-2-1-3-5-7/h5-7,9H,3-4H2,1-2H3;1-5H2. The van der Waals surface area contributed by atoms with Crippen molar-refractivity contribution >= 4 is 0 Å². The smallest absolute Gasteiger partial charge is 0.142 e. The van der Waals surface area contributed by atoms with Gasteiger partial charge in [-0.05, 0) is 32.6 Å². The molecule has 7 nitrogen and oxygen atoms in total. The van der Waals surface area contributed by atoms with Crippen molar-refractivity contribution < 1.29 is 5.11 Å². The Labute approximate surface area is 108 Å². The second-order valence-corrected chi connectivity index (χ2v) is 4.38. The molecule has 1 heterocycles. The van der Waals surface area contributed by atoms with Crippen LogP contribution in [0.3, 0.4) is 0 Å². The summed E-state index contributed by atoms with van der Waals surface area (Å²) in [6.07, 6.45) is 3.41. The van der Waals surface area contributed by atoms with E-state index in [9.17, 15) is 9.81 Å². The van der Waals surface area contributed by atoms with Gasteiger partial charge in [0.25, 0.3) is 0 Å². The Kier molecular flexibility index (Phi) is 10.4. The molecule has 0 aromatic rings. The van der Waals surface area contributed by atoms with Crippen LogP contribution >= 0.6 is 0 Å². The van der Waals surface area contributed by atoms with Gasteiger partial charge in [0.2, 0.25) is 0 Å². The van der Waals surface area contributed by atoms with Gasteiger partial charge in [0.05, 0.1) is 11.4 Å². The van der Waals surface area contributed by atoms with E-state index in [4.69, 9.17) is 5.11 Å². The molecule has 1 aliphatic rings. The number of hydrogen-bond acceptors (Lipinski definition) is 6. The largest absolute Gasteiger partial charge is 0.392 e. The zero-order chi connectivity index (χ0) is 13.8. The molecule has 2 N–H and O–H groups in total. The molecule has 0 aliphatic carbocycles. The predicted octanol–water partition coefficient (Wildman–Crippen LogP) is 1.61. The van der Waals surface area contributed by atoms with Gasteiger partial charge in [-0.15, -0.1) is 9.81 Å². The van der Waals surface area contributed by atoms with E-state index in [1.807, 2.05) is 6.92 Å². The number of nitrogens with one attached hydrogen (secondary N) is 1. The molecule has 18 heavy (non-hydrogen) atoms. The lowest BCUT2D eigenvalue weighted by atomic mass is 10.2. The van der Waals surface area contributed by atoms with E-state index in [1.54, 1.807) is 11.9 Å². The fraction of sp³-hybridized carbons (Fsp3) is 1.00. The highest BCUT2D eigenvalue weighted by Crippen LogP contribution is 2.07. The summed E-state index contributed by atoms with van der Waals surface area (Å²) in [5.41, 5.74) is 0. The molecule has 1 rings (SSSR count). The fourth-order valence-electron chi connectivity index (χ4n) is 1.52. The first-order valence-electron chi connectivity index (χ1n) is 6.46. The maximum atomic E-state index is 9.95. The van der Waals surface area contributed by atoms with Crippen LogP contribution in [0.5, 0.6) is 0 Å². The highest BCUT2D eigenvalue weighted by molar-refractivity contribution is 4.62. The number of piperidine rings is 1. The third-order valence-electron chi connectivity index (χ3n) is 2.61. The maximum Gasteiger partial charge on any atom is 0.142 e. The molecular formula is C11H24N4O3. The van der Waals surface area contributed by atoms with Crippen LogP contribution in [0.4, 0.5) is 0 Å². The summed E-state index contributed by atoms with van der Waals surface area (Å²) in [6.45, 7) is 5.67. The van der Waals surface area contributed by atoms with Gasteiger partial charge in [0.15, 0.2) is 0 Å². The Morgan fingerprint density at radius 1 is 1.28 bits per heavy atom. The van der Waals surface area contributed by atoms with Crippen LogP contribution in [0.2, 0.25) is 0 Å². The van der Waals surface area contributed by atoms with Crippen LogP contribution in [-0.2, 0) is 0 Å². The van der Waals surface area contributed by atoms with Crippen LogP contribution in [-0.4, -0.2) is 42.0 Å². The van der Waals surface area contributed by atoms with E-state index in [-0.39, 0.29) is 6.17 Å². The molecule has 0 saturated carbocycles. The van der Waals surface area contributed by atoms with Gasteiger partial charge >= 0.3 is 0 Å². The van der Waals surface area contributed by atoms with E-state index in [2.05, 4.69) is 15.8 Å². The van der Waals surface area contributed by atoms with E-state index >= 15 is 0 Å². The van der Waals surface area contributed by atoms with Crippen LogP contribution in [0.1, 0.15) is 39.5 Å². The minimum atomic E-state index is -0.421. The molecule has 7 heteroatoms. The average molecular weight is 260 g/mol. The minimum Gasteiger partial charge on any atom is -0.392 e. The third-order valence-corrected chi connectivity index (χ3v) is 2.61. The number of aliphatic hydroxyl groups excluding tert-OH is 1. The Morgan fingerprint density at radius 2 is 1.89 bits per heavy atom. The number of hydrogen-bond donors (Lipinski definition) is 2. The average Bonchev–Trinajstić information content (AvgIpc) is 2.41. The zero-order valence-electron chi connectivity index (χ0n) is 11.2. The Bertz CT molecular complexity index is 220. The van der Waals surface area contributed by atoms with Gasteiger partial charge < -0.3 is 5.11 Å². The number of nitroso groups, excluding NO2 is 2. The van der Waals surface area contributed by atoms with Gasteiger partial charge in [-0.25, -0.2) is 0 Å². The van der Waals surface area contributed by atoms with Crippen molar-refractivity contribution in [3.63, 3.8) is 0 Å². The van der Waals surface area contributed by atoms with Gasteiger partial charge in [0.1, 0.15) is 6.17 Å². The van der Waals surface area contributed by atoms with E-state index in [0.717, 1.165) is 25.9 Å². The third kappa shape index (κ3) is 9.00. The summed E-state index contributed by atoms with van der Waals surface area (Å²) in [4.78, 5) is 19.8. The van der Waals surface area contributed by atoms with E-state index < -0.39 is 6.10 Å². The second kappa shape index (κ2) is 11.0. The lowest BCUT2D eigenvalue weighted by Crippen LogP contribution is -2.32. The summed E-state index contributed by atoms with van der Waals surface area (Å²) in [7, 11) is 0. The maximum absolute atomic E-state index is 9.95. The molecule has 1 saturated heterocycles. The lowest BCUT2D eigenvalue weighted by Gasteiger charge is -2.19. The molecule has 0 bridgehead atoms. The van der Waals surface area contributed by atoms with Crippen molar-refractivity contribution in [3.8, 4) is 0 Å². The summed E-state index contributed by atoms with van der Waals surface area (Å²) >= 11 is 0. The van der Waals surface area contributed by atoms with Crippen LogP contribution in [0.15, 0.2) is 10.5 Å². The first kappa shape index (κ1) is 16.9. The molecule has 0 radical (unpaired) electrons. The number of rotatable bonds is 6. The molecule has 1 fully saturated rings. The highest BCUT2D eigenvalue weighted by Gasteiger charge is 2.06. The topological polar surface area (TPSA) is 94.4 Å². The Morgan fingerprint density at radius 3 is 2.22 bits per heavy atom. The zero-order valence-corrected chi connectivity index (χ0v) is 11.2. The summed E-state index contributed by atoms with van der Waals surface area (Å²) < 4.78 is 0. The molecule has 0 spiro atoms. The van der Waals surface area contributed by atoms with Gasteiger partial charge in [0, 0.05) is 19.6 Å². The molecule has 1 aliphatic heterocycles. The van der Waals surface area contributed by atoms with Crippen molar-refractivity contribution in [1.82, 2.24) is 10.3 Å². The van der Waals surface area contributed by atoms with E-state index in [0.29, 0.717) is 13.0 Å². The molecule has 0 aromatic carbocycles. The molecular weight excluding hydrogens is 236 g/mol. The van der Waals surface area contributed by atoms with Gasteiger partial charge in [-0.2, -0.15) is 0 Å². The predicted molar refractivity (Wildman–Crippen MR) is 70.8 cm³/mol. The monoisotopic (exact) mass is 260 g/mol. The summed E-state index contributed by atoms with van der Waals surface area (Å²) in [5.74, 6) is 0. The van der Waals surface area contributed by atoms with Crippen molar-refractivity contribution in [2.24, 2.45) is 10.5 Å². The summed E-state index contributed by atoms with van der Waals surface area (Å²) in [5, 5.41) is 18.8. The van der Waals surface area contributed by atoms with Crippen LogP contribution in [0, 0.1) is 9.81 Å². The first-order chi connectivity index (χ1) is 8.63. The lowest BCUT2D eigenvalue weighted by molar-refractivity contribution is 0.186. The fourth-order valence-corrected chi connectivity index (χ4v) is 1.52. The molecule has 0 amide bonds. The van der Waals surface area contributed by atoms with Crippen molar-refractivity contribution in [3.05, 3.63) is 9.81 Å². The van der Waals surface area contributed by atoms with E-state index in [1.165, 1.54) is 6.42 Å². The Hall–Kier alpha value is -1.08.